The van der Waals surface area contributed by atoms with Gasteiger partial charge < -0.3 is 20.4 Å². The lowest BCUT2D eigenvalue weighted by Crippen LogP contribution is -2.28. The molecule has 0 aliphatic rings. The molecule has 1 aromatic heterocycles. The van der Waals surface area contributed by atoms with E-state index in [0.717, 1.165) is 4.57 Å². The Morgan fingerprint density at radius 2 is 1.96 bits per heavy atom. The molecule has 1 unspecified atom stereocenters. The molecule has 0 spiro atoms. The quantitative estimate of drug-likeness (QED) is 0.500. The molecule has 0 amide bonds. The van der Waals surface area contributed by atoms with Gasteiger partial charge in [-0.3, -0.25) is 4.79 Å². The Morgan fingerprint density at radius 3 is 2.67 bits per heavy atom. The smallest absolute Gasteiger partial charge is 0.426 e. The van der Waals surface area contributed by atoms with Crippen molar-refractivity contribution in [2.24, 2.45) is 5.92 Å². The topological polar surface area (TPSA) is 119 Å². The minimum atomic E-state index is -0.763. The highest BCUT2D eigenvalue weighted by atomic mass is 16.4. The molecule has 24 heavy (non-hydrogen) atoms. The van der Waals surface area contributed by atoms with Crippen molar-refractivity contribution in [1.29, 1.82) is 0 Å². The number of fused-ring (bicyclic) bond motifs is 1. The van der Waals surface area contributed by atoms with Crippen molar-refractivity contribution in [2.75, 3.05) is 5.73 Å². The lowest BCUT2D eigenvalue weighted by Gasteiger charge is -2.11. The third kappa shape index (κ3) is 2.71. The van der Waals surface area contributed by atoms with E-state index in [1.165, 1.54) is 18.2 Å². The molecular formula is C17H16N2O5. The lowest BCUT2D eigenvalue weighted by atomic mass is 10.00. The molecule has 0 saturated carbocycles. The molecule has 0 aliphatic heterocycles. The summed E-state index contributed by atoms with van der Waals surface area (Å²) in [6.45, 7) is 1.67. The predicted octanol–water partition coefficient (Wildman–Crippen LogP) is 2.11. The number of oxazole rings is 1. The minimum Gasteiger partial charge on any atom is -0.504 e. The number of benzene rings is 2. The van der Waals surface area contributed by atoms with Gasteiger partial charge in [0, 0.05) is 11.6 Å². The number of phenols is 2. The maximum Gasteiger partial charge on any atom is 0.426 e. The van der Waals surface area contributed by atoms with Gasteiger partial charge in [-0.05, 0) is 42.3 Å². The minimum absolute atomic E-state index is 0.231. The van der Waals surface area contributed by atoms with E-state index in [1.54, 1.807) is 25.1 Å². The molecule has 3 rings (SSSR count). The average molecular weight is 328 g/mol. The van der Waals surface area contributed by atoms with Crippen LogP contribution < -0.4 is 11.5 Å². The van der Waals surface area contributed by atoms with Gasteiger partial charge in [0.1, 0.15) is 5.52 Å². The molecule has 7 heteroatoms. The Hall–Kier alpha value is -3.22. The first-order valence-corrected chi connectivity index (χ1v) is 7.33. The number of carbonyl (C=O) groups is 1. The number of anilines is 1. The van der Waals surface area contributed by atoms with Crippen LogP contribution in [0.2, 0.25) is 0 Å². The summed E-state index contributed by atoms with van der Waals surface area (Å²) >= 11 is 0. The molecule has 3 aromatic rings. The summed E-state index contributed by atoms with van der Waals surface area (Å²) in [5.41, 5.74) is 7.40. The highest BCUT2D eigenvalue weighted by Gasteiger charge is 2.22. The normalized spacial score (nSPS) is 12.4. The van der Waals surface area contributed by atoms with Crippen LogP contribution >= 0.6 is 0 Å². The molecular weight excluding hydrogens is 312 g/mol. The second kappa shape index (κ2) is 5.77. The summed E-state index contributed by atoms with van der Waals surface area (Å²) < 4.78 is 6.04. The van der Waals surface area contributed by atoms with Crippen LogP contribution in [0.15, 0.2) is 45.6 Å². The largest absolute Gasteiger partial charge is 0.504 e. The Kier molecular flexibility index (Phi) is 3.76. The van der Waals surface area contributed by atoms with Crippen LogP contribution in [0.3, 0.4) is 0 Å². The maximum absolute atomic E-state index is 12.7. The molecule has 7 nitrogen and oxygen atoms in total. The Balaban J connectivity index is 1.93. The number of rotatable bonds is 3. The molecule has 0 fully saturated rings. The highest BCUT2D eigenvalue weighted by Crippen LogP contribution is 2.26. The van der Waals surface area contributed by atoms with Gasteiger partial charge in [-0.2, -0.15) is 0 Å². The molecule has 1 atom stereocenters. The zero-order chi connectivity index (χ0) is 17.4. The van der Waals surface area contributed by atoms with Gasteiger partial charge in [0.15, 0.2) is 17.1 Å². The van der Waals surface area contributed by atoms with Crippen LogP contribution in [-0.2, 0) is 6.42 Å². The Labute approximate surface area is 136 Å². The standard InChI is InChI=1S/C17H16N2O5/c1-9(6-10-2-4-13(20)14(21)7-10)16(22)19-12-8-11(18)3-5-15(12)24-17(19)23/h2-5,7-9,20-21H,6,18H2,1H3. The van der Waals surface area contributed by atoms with Crippen molar-refractivity contribution in [3.63, 3.8) is 0 Å². The Morgan fingerprint density at radius 1 is 1.21 bits per heavy atom. The first-order valence-electron chi connectivity index (χ1n) is 7.33. The summed E-state index contributed by atoms with van der Waals surface area (Å²) in [6, 6.07) is 8.97. The van der Waals surface area contributed by atoms with Gasteiger partial charge in [0.25, 0.3) is 0 Å². The third-order valence-corrected chi connectivity index (χ3v) is 3.83. The van der Waals surface area contributed by atoms with Crippen LogP contribution in [-0.4, -0.2) is 20.7 Å². The zero-order valence-electron chi connectivity index (χ0n) is 12.9. The fourth-order valence-corrected chi connectivity index (χ4v) is 2.60. The van der Waals surface area contributed by atoms with Crippen molar-refractivity contribution in [3.8, 4) is 11.5 Å². The van der Waals surface area contributed by atoms with E-state index < -0.39 is 17.6 Å². The van der Waals surface area contributed by atoms with Crippen LogP contribution in [0.5, 0.6) is 11.5 Å². The van der Waals surface area contributed by atoms with E-state index in [1.807, 2.05) is 0 Å². The fourth-order valence-electron chi connectivity index (χ4n) is 2.60. The molecule has 2 aromatic carbocycles. The molecule has 0 aliphatic carbocycles. The second-order valence-electron chi connectivity index (χ2n) is 5.70. The summed E-state index contributed by atoms with van der Waals surface area (Å²) in [5.74, 6) is -2.23. The van der Waals surface area contributed by atoms with E-state index in [9.17, 15) is 19.8 Å². The highest BCUT2D eigenvalue weighted by molar-refractivity contribution is 5.91. The van der Waals surface area contributed by atoms with E-state index >= 15 is 0 Å². The number of carbonyl (C=O) groups excluding carboxylic acids is 1. The van der Waals surface area contributed by atoms with Gasteiger partial charge in [0.2, 0.25) is 5.91 Å². The van der Waals surface area contributed by atoms with Crippen molar-refractivity contribution in [3.05, 3.63) is 52.5 Å². The number of nitrogen functional groups attached to an aromatic ring is 1. The summed E-state index contributed by atoms with van der Waals surface area (Å²) in [7, 11) is 0. The fraction of sp³-hybridized carbons (Fsp3) is 0.176. The van der Waals surface area contributed by atoms with E-state index in [2.05, 4.69) is 0 Å². The zero-order valence-corrected chi connectivity index (χ0v) is 12.9. The van der Waals surface area contributed by atoms with Gasteiger partial charge in [-0.1, -0.05) is 13.0 Å². The third-order valence-electron chi connectivity index (χ3n) is 3.83. The van der Waals surface area contributed by atoms with E-state index in [4.69, 9.17) is 10.2 Å². The Bertz CT molecular complexity index is 986. The molecule has 4 N–H and O–H groups in total. The van der Waals surface area contributed by atoms with Crippen molar-refractivity contribution >= 4 is 22.7 Å². The summed E-state index contributed by atoms with van der Waals surface area (Å²) in [6.07, 6.45) is 0.286. The van der Waals surface area contributed by atoms with Crippen molar-refractivity contribution in [1.82, 2.24) is 4.57 Å². The van der Waals surface area contributed by atoms with E-state index in [0.29, 0.717) is 16.8 Å². The molecule has 124 valence electrons. The molecule has 0 saturated heterocycles. The number of nitrogens with zero attached hydrogens (tertiary/aromatic N) is 1. The molecule has 0 bridgehead atoms. The first-order chi connectivity index (χ1) is 11.4. The van der Waals surface area contributed by atoms with Crippen molar-refractivity contribution < 1.29 is 19.4 Å². The average Bonchev–Trinajstić information content (AvgIpc) is 2.85. The second-order valence-corrected chi connectivity index (χ2v) is 5.70. The number of phenolic OH excluding ortho intramolecular Hbond substituents is 2. The van der Waals surface area contributed by atoms with E-state index in [-0.39, 0.29) is 23.5 Å². The predicted molar refractivity (Wildman–Crippen MR) is 88.2 cm³/mol. The van der Waals surface area contributed by atoms with Gasteiger partial charge in [0.05, 0.1) is 0 Å². The SMILES string of the molecule is CC(Cc1ccc(O)c(O)c1)C(=O)n1c(=O)oc2ccc(N)cc21. The van der Waals surface area contributed by atoms with Crippen LogP contribution in [0, 0.1) is 5.92 Å². The monoisotopic (exact) mass is 328 g/mol. The summed E-state index contributed by atoms with van der Waals surface area (Å²) in [5, 5.41) is 18.9. The first kappa shape index (κ1) is 15.7. The van der Waals surface area contributed by atoms with Crippen LogP contribution in [0.25, 0.3) is 11.1 Å². The van der Waals surface area contributed by atoms with Crippen LogP contribution in [0.4, 0.5) is 5.69 Å². The van der Waals surface area contributed by atoms with Gasteiger partial charge >= 0.3 is 5.76 Å². The maximum atomic E-state index is 12.7. The number of hydrogen-bond donors (Lipinski definition) is 3. The van der Waals surface area contributed by atoms with Crippen molar-refractivity contribution in [2.45, 2.75) is 13.3 Å². The van der Waals surface area contributed by atoms with Crippen LogP contribution in [0.1, 0.15) is 17.3 Å². The number of aromatic hydroxyl groups is 2. The van der Waals surface area contributed by atoms with Gasteiger partial charge in [-0.15, -0.1) is 0 Å². The number of hydrogen-bond acceptors (Lipinski definition) is 6. The lowest BCUT2D eigenvalue weighted by molar-refractivity contribution is 0.0840. The molecule has 1 heterocycles. The number of nitrogens with two attached hydrogens (primary N) is 1. The summed E-state index contributed by atoms with van der Waals surface area (Å²) in [4.78, 5) is 24.7. The van der Waals surface area contributed by atoms with Gasteiger partial charge in [-0.25, -0.2) is 9.36 Å². The molecule has 0 radical (unpaired) electrons. The number of aromatic nitrogens is 1.